The number of aromatic nitrogens is 2. The number of rotatable bonds is 5. The van der Waals surface area contributed by atoms with Gasteiger partial charge < -0.3 is 14.4 Å². The average molecular weight is 404 g/mol. The number of likely N-dealkylation sites (tertiary alicyclic amines) is 1. The Kier molecular flexibility index (Phi) is 5.17. The molecule has 3 rings (SSSR count). The molecule has 3 atom stereocenters. The fraction of sp³-hybridized carbons (Fsp3) is 0.812. The van der Waals surface area contributed by atoms with Crippen LogP contribution < -0.4 is 4.74 Å². The summed E-state index contributed by atoms with van der Waals surface area (Å²) in [5.41, 5.74) is -0.560. The molecule has 1 aliphatic heterocycles. The predicted molar refractivity (Wildman–Crippen MR) is 96.1 cm³/mol. The van der Waals surface area contributed by atoms with Crippen LogP contribution in [0.15, 0.2) is 5.03 Å². The third-order valence-electron chi connectivity index (χ3n) is 4.51. The van der Waals surface area contributed by atoms with E-state index >= 15 is 0 Å². The van der Waals surface area contributed by atoms with E-state index in [9.17, 15) is 13.2 Å². The molecule has 0 N–H and O–H groups in total. The Labute approximate surface area is 158 Å². The molecular weight excluding hydrogens is 378 g/mol. The van der Waals surface area contributed by atoms with Gasteiger partial charge in [-0.1, -0.05) is 6.92 Å². The summed E-state index contributed by atoms with van der Waals surface area (Å²) in [4.78, 5) is 14.1. The van der Waals surface area contributed by atoms with Gasteiger partial charge in [-0.15, -0.1) is 4.37 Å². The Morgan fingerprint density at radius 1 is 1.31 bits per heavy atom. The molecule has 2 fully saturated rings. The van der Waals surface area contributed by atoms with Gasteiger partial charge in [0.05, 0.1) is 23.5 Å². The number of amides is 1. The van der Waals surface area contributed by atoms with Crippen molar-refractivity contribution in [3.8, 4) is 5.88 Å². The Bertz CT molecular complexity index is 771. The maximum atomic E-state index is 12.4. The molecular formula is C16H25N3O5S2. The lowest BCUT2D eigenvalue weighted by atomic mass is 10.1. The van der Waals surface area contributed by atoms with Crippen molar-refractivity contribution in [2.45, 2.75) is 69.7 Å². The average Bonchev–Trinajstić information content (AvgIpc) is 3.20. The van der Waals surface area contributed by atoms with E-state index in [0.29, 0.717) is 18.9 Å². The molecule has 0 spiro atoms. The first-order chi connectivity index (χ1) is 12.1. The van der Waals surface area contributed by atoms with E-state index in [0.717, 1.165) is 24.6 Å². The normalized spacial score (nSPS) is 25.5. The molecule has 26 heavy (non-hydrogen) atoms. The van der Waals surface area contributed by atoms with Crippen molar-refractivity contribution < 1.29 is 22.7 Å². The number of nitrogens with zero attached hydrogens (tertiary/aromatic N) is 3. The maximum absolute atomic E-state index is 12.4. The van der Waals surface area contributed by atoms with E-state index in [1.165, 1.54) is 0 Å². The Morgan fingerprint density at radius 2 is 2.04 bits per heavy atom. The van der Waals surface area contributed by atoms with Gasteiger partial charge in [0, 0.05) is 6.54 Å². The van der Waals surface area contributed by atoms with Crippen LogP contribution in [0.3, 0.4) is 0 Å². The van der Waals surface area contributed by atoms with Crippen LogP contribution in [0.25, 0.3) is 0 Å². The number of carbonyl (C=O) groups excluding carboxylic acids is 1. The lowest BCUT2D eigenvalue weighted by Gasteiger charge is -2.34. The van der Waals surface area contributed by atoms with Crippen LogP contribution in [0.5, 0.6) is 5.88 Å². The number of carbonyl (C=O) groups is 1. The number of hydrogen-bond donors (Lipinski definition) is 0. The molecule has 1 saturated heterocycles. The fourth-order valence-corrected chi connectivity index (χ4v) is 5.67. The first kappa shape index (κ1) is 19.3. The maximum Gasteiger partial charge on any atom is 0.410 e. The quantitative estimate of drug-likeness (QED) is 0.745. The zero-order chi connectivity index (χ0) is 19.1. The van der Waals surface area contributed by atoms with Crippen molar-refractivity contribution >= 4 is 27.7 Å². The zero-order valence-corrected chi connectivity index (χ0v) is 17.1. The summed E-state index contributed by atoms with van der Waals surface area (Å²) in [5.74, 6) is 0.403. The second kappa shape index (κ2) is 6.95. The Hall–Kier alpha value is -1.42. The van der Waals surface area contributed by atoms with Crippen molar-refractivity contribution in [3.63, 3.8) is 0 Å². The molecule has 1 amide bonds. The smallest absolute Gasteiger partial charge is 0.410 e. The summed E-state index contributed by atoms with van der Waals surface area (Å²) >= 11 is 0.828. The van der Waals surface area contributed by atoms with Crippen LogP contribution in [-0.4, -0.2) is 58.2 Å². The number of piperidine rings is 1. The highest BCUT2D eigenvalue weighted by Gasteiger charge is 2.50. The second-order valence-electron chi connectivity index (χ2n) is 7.89. The monoisotopic (exact) mass is 403 g/mol. The fourth-order valence-electron chi connectivity index (χ4n) is 3.57. The van der Waals surface area contributed by atoms with Gasteiger partial charge in [-0.2, -0.15) is 4.37 Å². The van der Waals surface area contributed by atoms with Gasteiger partial charge in [-0.3, -0.25) is 0 Å². The van der Waals surface area contributed by atoms with Gasteiger partial charge in [0.2, 0.25) is 14.9 Å². The first-order valence-electron chi connectivity index (χ1n) is 8.82. The van der Waals surface area contributed by atoms with Gasteiger partial charge in [0.15, 0.2) is 0 Å². The summed E-state index contributed by atoms with van der Waals surface area (Å²) in [6.45, 7) is 7.94. The van der Waals surface area contributed by atoms with Crippen LogP contribution in [0, 0.1) is 5.92 Å². The van der Waals surface area contributed by atoms with E-state index in [1.54, 1.807) is 11.8 Å². The summed E-state index contributed by atoms with van der Waals surface area (Å²) < 4.78 is 44.0. The van der Waals surface area contributed by atoms with Crippen LogP contribution in [0.1, 0.15) is 47.0 Å². The standard InChI is InChI=1S/C16H25N3O5S2/c1-5-6-26(21,22)14-13(17-25-18-14)23-12-8-10-7-11(12)19(9-10)15(20)24-16(2,3)4/h10-12H,5-9H2,1-4H3/t10-,11+,12-/m0/s1. The highest BCUT2D eigenvalue weighted by Crippen LogP contribution is 2.41. The first-order valence-corrected chi connectivity index (χ1v) is 11.2. The summed E-state index contributed by atoms with van der Waals surface area (Å²) in [7, 11) is -3.50. The molecule has 1 aliphatic carbocycles. The van der Waals surface area contributed by atoms with E-state index in [4.69, 9.17) is 9.47 Å². The topological polar surface area (TPSA) is 98.7 Å². The molecule has 1 aromatic heterocycles. The third-order valence-corrected chi connectivity index (χ3v) is 6.94. The highest BCUT2D eigenvalue weighted by atomic mass is 32.2. The Balaban J connectivity index is 1.73. The highest BCUT2D eigenvalue weighted by molar-refractivity contribution is 7.91. The van der Waals surface area contributed by atoms with Crippen LogP contribution in [0.4, 0.5) is 4.79 Å². The number of fused-ring (bicyclic) bond motifs is 2. The zero-order valence-electron chi connectivity index (χ0n) is 15.5. The van der Waals surface area contributed by atoms with Crippen LogP contribution in [-0.2, 0) is 14.6 Å². The van der Waals surface area contributed by atoms with Gasteiger partial charge in [-0.25, -0.2) is 13.2 Å². The molecule has 0 aromatic carbocycles. The summed E-state index contributed by atoms with van der Waals surface area (Å²) in [6, 6.07) is -0.127. The molecule has 1 saturated carbocycles. The molecule has 2 heterocycles. The number of hydrogen-bond acceptors (Lipinski definition) is 8. The predicted octanol–water partition coefficient (Wildman–Crippen LogP) is 2.50. The van der Waals surface area contributed by atoms with Crippen molar-refractivity contribution in [1.82, 2.24) is 13.6 Å². The van der Waals surface area contributed by atoms with Crippen molar-refractivity contribution in [2.75, 3.05) is 12.3 Å². The minimum atomic E-state index is -3.50. The Morgan fingerprint density at radius 3 is 2.65 bits per heavy atom. The van der Waals surface area contributed by atoms with Gasteiger partial charge >= 0.3 is 6.09 Å². The molecule has 0 unspecified atom stereocenters. The van der Waals surface area contributed by atoms with E-state index in [1.807, 2.05) is 20.8 Å². The lowest BCUT2D eigenvalue weighted by Crippen LogP contribution is -2.48. The SMILES string of the molecule is CCCS(=O)(=O)c1nsnc1O[C@H]1C[C@@H]2C[C@H]1N(C(=O)OC(C)(C)C)C2. The molecule has 2 aliphatic rings. The lowest BCUT2D eigenvalue weighted by molar-refractivity contribution is 0.00177. The van der Waals surface area contributed by atoms with Gasteiger partial charge in [0.25, 0.3) is 5.88 Å². The number of ether oxygens (including phenoxy) is 2. The molecule has 10 heteroatoms. The van der Waals surface area contributed by atoms with Crippen LogP contribution in [0.2, 0.25) is 0 Å². The molecule has 2 bridgehead atoms. The van der Waals surface area contributed by atoms with E-state index in [2.05, 4.69) is 8.75 Å². The van der Waals surface area contributed by atoms with Gasteiger partial charge in [0.1, 0.15) is 11.7 Å². The van der Waals surface area contributed by atoms with E-state index in [-0.39, 0.29) is 34.9 Å². The largest absolute Gasteiger partial charge is 0.469 e. The van der Waals surface area contributed by atoms with E-state index < -0.39 is 15.4 Å². The molecule has 146 valence electrons. The minimum absolute atomic E-state index is 0.00945. The van der Waals surface area contributed by atoms with Crippen molar-refractivity contribution in [2.24, 2.45) is 5.92 Å². The molecule has 1 aromatic rings. The van der Waals surface area contributed by atoms with Gasteiger partial charge in [-0.05, 0) is 46.0 Å². The number of sulfone groups is 1. The summed E-state index contributed by atoms with van der Waals surface area (Å²) in [5, 5.41) is -0.0871. The third kappa shape index (κ3) is 3.95. The molecule has 0 radical (unpaired) electrons. The second-order valence-corrected chi connectivity index (χ2v) is 10.4. The summed E-state index contributed by atoms with van der Waals surface area (Å²) in [6.07, 6.45) is 1.46. The van der Waals surface area contributed by atoms with Crippen LogP contribution >= 0.6 is 11.7 Å². The van der Waals surface area contributed by atoms with Crippen molar-refractivity contribution in [3.05, 3.63) is 0 Å². The molecule has 8 nitrogen and oxygen atoms in total. The van der Waals surface area contributed by atoms with Crippen molar-refractivity contribution in [1.29, 1.82) is 0 Å². The minimum Gasteiger partial charge on any atom is -0.469 e.